The second-order valence-electron chi connectivity index (χ2n) is 7.38. The largest absolute Gasteiger partial charge is 0.486 e. The Bertz CT molecular complexity index is 1280. The van der Waals surface area contributed by atoms with Crippen LogP contribution >= 0.6 is 0 Å². The Morgan fingerprint density at radius 3 is 2.55 bits per heavy atom. The van der Waals surface area contributed by atoms with Gasteiger partial charge in [0.15, 0.2) is 11.5 Å². The summed E-state index contributed by atoms with van der Waals surface area (Å²) in [5.74, 6) is -0.110. The molecule has 0 spiro atoms. The molecule has 3 aromatic carbocycles. The minimum Gasteiger partial charge on any atom is -0.486 e. The van der Waals surface area contributed by atoms with Crippen molar-refractivity contribution >= 4 is 10.0 Å². The van der Waals surface area contributed by atoms with Gasteiger partial charge in [-0.05, 0) is 28.8 Å². The van der Waals surface area contributed by atoms with E-state index in [2.05, 4.69) is 6.58 Å². The summed E-state index contributed by atoms with van der Waals surface area (Å²) in [5, 5.41) is 5.22. The third kappa shape index (κ3) is 4.99. The minimum atomic E-state index is -3.78. The van der Waals surface area contributed by atoms with Crippen LogP contribution in [0.15, 0.2) is 73.3 Å². The summed E-state index contributed by atoms with van der Waals surface area (Å²) in [5.41, 5.74) is 2.69. The molecule has 2 N–H and O–H groups in total. The first-order valence-electron chi connectivity index (χ1n) is 9.97. The standard InChI is InChI=1S/C24H21F2NO5S/c1-2-12-30-20-11-10-19-21(23(20)32-24(25)26)17-9-8-15(14-33(27,28)29)13-18(17)22(31-19)16-6-4-3-5-7-16/h2-11,13,22,24H,1,12,14H2,(H2,27,28,29). The molecule has 4 rings (SSSR count). The first-order valence-corrected chi connectivity index (χ1v) is 11.7. The molecular weight excluding hydrogens is 452 g/mol. The molecule has 1 atom stereocenters. The lowest BCUT2D eigenvalue weighted by atomic mass is 9.88. The van der Waals surface area contributed by atoms with Gasteiger partial charge in [0.2, 0.25) is 10.0 Å². The first-order chi connectivity index (χ1) is 15.8. The quantitative estimate of drug-likeness (QED) is 0.476. The highest BCUT2D eigenvalue weighted by molar-refractivity contribution is 7.88. The third-order valence-corrected chi connectivity index (χ3v) is 5.77. The molecule has 1 aliphatic heterocycles. The smallest absolute Gasteiger partial charge is 0.387 e. The molecule has 9 heteroatoms. The van der Waals surface area contributed by atoms with E-state index in [1.165, 1.54) is 12.1 Å². The predicted octanol–water partition coefficient (Wildman–Crippen LogP) is 4.79. The first kappa shape index (κ1) is 22.8. The lowest BCUT2D eigenvalue weighted by molar-refractivity contribution is -0.0511. The second-order valence-corrected chi connectivity index (χ2v) is 9.00. The van der Waals surface area contributed by atoms with Gasteiger partial charge in [-0.2, -0.15) is 8.78 Å². The molecule has 0 radical (unpaired) electrons. The molecule has 1 unspecified atom stereocenters. The van der Waals surface area contributed by atoms with Crippen molar-refractivity contribution in [1.82, 2.24) is 0 Å². The molecule has 0 aliphatic carbocycles. The van der Waals surface area contributed by atoms with Crippen molar-refractivity contribution in [2.75, 3.05) is 6.61 Å². The second kappa shape index (κ2) is 9.21. The number of rotatable bonds is 8. The normalized spacial score (nSPS) is 14.7. The van der Waals surface area contributed by atoms with Gasteiger partial charge >= 0.3 is 6.61 Å². The summed E-state index contributed by atoms with van der Waals surface area (Å²) in [7, 11) is -3.78. The fourth-order valence-electron chi connectivity index (χ4n) is 3.81. The van der Waals surface area contributed by atoms with Gasteiger partial charge in [0.1, 0.15) is 18.5 Å². The number of fused-ring (bicyclic) bond motifs is 3. The topological polar surface area (TPSA) is 87.9 Å². The molecule has 33 heavy (non-hydrogen) atoms. The number of hydrogen-bond donors (Lipinski definition) is 1. The summed E-state index contributed by atoms with van der Waals surface area (Å²) in [6.07, 6.45) is 0.884. The van der Waals surface area contributed by atoms with Crippen LogP contribution in [0.5, 0.6) is 17.2 Å². The van der Waals surface area contributed by atoms with E-state index in [0.29, 0.717) is 28.0 Å². The molecule has 0 fully saturated rings. The minimum absolute atomic E-state index is 0.0893. The van der Waals surface area contributed by atoms with Crippen molar-refractivity contribution in [2.24, 2.45) is 5.14 Å². The molecule has 1 heterocycles. The third-order valence-electron chi connectivity index (χ3n) is 5.03. The predicted molar refractivity (Wildman–Crippen MR) is 120 cm³/mol. The van der Waals surface area contributed by atoms with Gasteiger partial charge in [0.25, 0.3) is 0 Å². The fraction of sp³-hybridized carbons (Fsp3) is 0.167. The van der Waals surface area contributed by atoms with Crippen molar-refractivity contribution in [1.29, 1.82) is 0 Å². The zero-order chi connectivity index (χ0) is 23.6. The van der Waals surface area contributed by atoms with E-state index in [-0.39, 0.29) is 23.9 Å². The van der Waals surface area contributed by atoms with Crippen LogP contribution < -0.4 is 19.3 Å². The lowest BCUT2D eigenvalue weighted by Crippen LogP contribution is -2.19. The Hall–Kier alpha value is -3.43. The SMILES string of the molecule is C=CCOc1ccc2c(c1OC(F)F)-c1ccc(CS(N)(=O)=O)cc1C(c1ccccc1)O2. The number of hydrogen-bond acceptors (Lipinski definition) is 5. The Labute approximate surface area is 190 Å². The van der Waals surface area contributed by atoms with Gasteiger partial charge in [-0.1, -0.05) is 61.2 Å². The number of alkyl halides is 2. The van der Waals surface area contributed by atoms with Crippen molar-refractivity contribution in [2.45, 2.75) is 18.5 Å². The van der Waals surface area contributed by atoms with Crippen LogP contribution in [0.1, 0.15) is 22.8 Å². The van der Waals surface area contributed by atoms with Gasteiger partial charge in [-0.25, -0.2) is 13.6 Å². The molecular formula is C24H21F2NO5S. The zero-order valence-electron chi connectivity index (χ0n) is 17.4. The van der Waals surface area contributed by atoms with Crippen molar-refractivity contribution in [3.05, 3.63) is 90.0 Å². The van der Waals surface area contributed by atoms with Crippen LogP contribution in [0.4, 0.5) is 8.78 Å². The van der Waals surface area contributed by atoms with Crippen molar-refractivity contribution < 1.29 is 31.4 Å². The van der Waals surface area contributed by atoms with E-state index in [1.54, 1.807) is 24.3 Å². The maximum atomic E-state index is 13.3. The van der Waals surface area contributed by atoms with Crippen LogP contribution in [0.2, 0.25) is 0 Å². The Morgan fingerprint density at radius 2 is 1.88 bits per heavy atom. The van der Waals surface area contributed by atoms with E-state index in [1.807, 2.05) is 30.3 Å². The fourth-order valence-corrected chi connectivity index (χ4v) is 4.46. The molecule has 3 aromatic rings. The zero-order valence-corrected chi connectivity index (χ0v) is 18.2. The maximum absolute atomic E-state index is 13.3. The van der Waals surface area contributed by atoms with Crippen LogP contribution in [0, 0.1) is 0 Å². The Kier molecular flexibility index (Phi) is 6.35. The van der Waals surface area contributed by atoms with Crippen LogP contribution in [-0.2, 0) is 15.8 Å². The number of benzene rings is 3. The van der Waals surface area contributed by atoms with Crippen LogP contribution in [0.3, 0.4) is 0 Å². The van der Waals surface area contributed by atoms with E-state index in [9.17, 15) is 17.2 Å². The molecule has 0 aromatic heterocycles. The summed E-state index contributed by atoms with van der Waals surface area (Å²) in [6, 6.07) is 17.3. The number of nitrogens with two attached hydrogens (primary N) is 1. The number of sulfonamides is 1. The highest BCUT2D eigenvalue weighted by Crippen LogP contribution is 2.52. The van der Waals surface area contributed by atoms with E-state index < -0.39 is 22.7 Å². The molecule has 6 nitrogen and oxygen atoms in total. The van der Waals surface area contributed by atoms with E-state index in [4.69, 9.17) is 19.3 Å². The Balaban J connectivity index is 1.93. The van der Waals surface area contributed by atoms with Crippen LogP contribution in [0.25, 0.3) is 11.1 Å². The average Bonchev–Trinajstić information content (AvgIpc) is 2.77. The number of ether oxygens (including phenoxy) is 3. The Morgan fingerprint density at radius 1 is 1.12 bits per heavy atom. The van der Waals surface area contributed by atoms with Gasteiger partial charge in [0, 0.05) is 5.56 Å². The molecule has 0 saturated heterocycles. The molecule has 0 amide bonds. The van der Waals surface area contributed by atoms with E-state index >= 15 is 0 Å². The molecule has 1 aliphatic rings. The average molecular weight is 473 g/mol. The van der Waals surface area contributed by atoms with Gasteiger partial charge in [-0.3, -0.25) is 0 Å². The van der Waals surface area contributed by atoms with Gasteiger partial charge in [-0.15, -0.1) is 0 Å². The van der Waals surface area contributed by atoms with Crippen molar-refractivity contribution in [3.63, 3.8) is 0 Å². The molecule has 0 bridgehead atoms. The summed E-state index contributed by atoms with van der Waals surface area (Å²) < 4.78 is 66.6. The van der Waals surface area contributed by atoms with Gasteiger partial charge < -0.3 is 14.2 Å². The van der Waals surface area contributed by atoms with Crippen molar-refractivity contribution in [3.8, 4) is 28.4 Å². The highest BCUT2D eigenvalue weighted by atomic mass is 32.2. The number of primary sulfonamides is 1. The molecule has 0 saturated carbocycles. The number of halogens is 2. The summed E-state index contributed by atoms with van der Waals surface area (Å²) in [4.78, 5) is 0. The highest BCUT2D eigenvalue weighted by Gasteiger charge is 2.32. The maximum Gasteiger partial charge on any atom is 0.387 e. The lowest BCUT2D eigenvalue weighted by Gasteiger charge is -2.31. The van der Waals surface area contributed by atoms with Crippen LogP contribution in [-0.4, -0.2) is 21.6 Å². The van der Waals surface area contributed by atoms with E-state index in [0.717, 1.165) is 5.56 Å². The summed E-state index contributed by atoms with van der Waals surface area (Å²) in [6.45, 7) is 0.566. The summed E-state index contributed by atoms with van der Waals surface area (Å²) >= 11 is 0. The molecule has 172 valence electrons. The van der Waals surface area contributed by atoms with Gasteiger partial charge in [0.05, 0.1) is 11.3 Å². The monoisotopic (exact) mass is 473 g/mol.